The summed E-state index contributed by atoms with van der Waals surface area (Å²) in [7, 11) is 0. The van der Waals surface area contributed by atoms with Crippen molar-refractivity contribution in [2.24, 2.45) is 5.92 Å². The minimum atomic E-state index is -4.77. The Bertz CT molecular complexity index is 273. The smallest absolute Gasteiger partial charge is 0.422 e. The van der Waals surface area contributed by atoms with E-state index >= 15 is 0 Å². The lowest BCUT2D eigenvalue weighted by molar-refractivity contribution is -0.168. The van der Waals surface area contributed by atoms with Gasteiger partial charge in [-0.15, -0.1) is 0 Å². The molecule has 0 unspecified atom stereocenters. The molecule has 0 bridgehead atoms. The molecule has 0 aliphatic heterocycles. The number of halogens is 6. The van der Waals surface area contributed by atoms with Crippen LogP contribution in [0.25, 0.3) is 0 Å². The Labute approximate surface area is 99.7 Å². The van der Waals surface area contributed by atoms with Crippen molar-refractivity contribution in [3.8, 4) is 0 Å². The summed E-state index contributed by atoms with van der Waals surface area (Å²) in [5.41, 5.74) is 0. The minimum absolute atomic E-state index is 0.205. The molecule has 0 fully saturated rings. The van der Waals surface area contributed by atoms with Gasteiger partial charge in [0.1, 0.15) is 6.54 Å². The molecule has 9 heteroatoms. The van der Waals surface area contributed by atoms with Crippen molar-refractivity contribution < 1.29 is 35.9 Å². The van der Waals surface area contributed by atoms with Crippen LogP contribution < -0.4 is 0 Å². The number of nitrogens with zero attached hydrogens (tertiary/aromatic N) is 1. The van der Waals surface area contributed by atoms with E-state index in [-0.39, 0.29) is 17.4 Å². The third-order valence-corrected chi connectivity index (χ3v) is 1.57. The van der Waals surface area contributed by atoms with Gasteiger partial charge in [0.15, 0.2) is 6.61 Å². The zero-order valence-corrected chi connectivity index (χ0v) is 9.73. The van der Waals surface area contributed by atoms with Crippen molar-refractivity contribution in [1.82, 2.24) is 4.90 Å². The van der Waals surface area contributed by atoms with Gasteiger partial charge < -0.3 is 4.74 Å². The summed E-state index contributed by atoms with van der Waals surface area (Å²) in [4.78, 5) is 11.3. The van der Waals surface area contributed by atoms with Gasteiger partial charge in [0.2, 0.25) is 0 Å². The number of carbonyl (C=O) groups excluding carboxylic acids is 1. The Morgan fingerprint density at radius 2 is 1.61 bits per heavy atom. The Kier molecular flexibility index (Phi) is 5.75. The van der Waals surface area contributed by atoms with Gasteiger partial charge in [0.05, 0.1) is 0 Å². The van der Waals surface area contributed by atoms with Crippen LogP contribution >= 0.6 is 0 Å². The van der Waals surface area contributed by atoms with Crippen LogP contribution in [0, 0.1) is 5.92 Å². The van der Waals surface area contributed by atoms with Gasteiger partial charge in [0.25, 0.3) is 0 Å². The molecule has 0 saturated carbocycles. The number of rotatable bonds is 4. The van der Waals surface area contributed by atoms with Crippen LogP contribution in [-0.4, -0.2) is 43.0 Å². The molecule has 18 heavy (non-hydrogen) atoms. The molecular formula is C9H13F6NO2. The van der Waals surface area contributed by atoms with Crippen LogP contribution in [0.2, 0.25) is 0 Å². The van der Waals surface area contributed by atoms with Crippen molar-refractivity contribution in [3.05, 3.63) is 0 Å². The van der Waals surface area contributed by atoms with E-state index in [0.29, 0.717) is 0 Å². The summed E-state index contributed by atoms with van der Waals surface area (Å²) < 4.78 is 75.4. The minimum Gasteiger partial charge on any atom is -0.440 e. The molecule has 0 saturated heterocycles. The van der Waals surface area contributed by atoms with Crippen LogP contribution in [0.1, 0.15) is 13.8 Å². The molecule has 108 valence electrons. The van der Waals surface area contributed by atoms with Crippen molar-refractivity contribution in [2.45, 2.75) is 26.2 Å². The summed E-state index contributed by atoms with van der Waals surface area (Å²) in [6, 6.07) is 0. The van der Waals surface area contributed by atoms with Crippen molar-refractivity contribution in [1.29, 1.82) is 0 Å². The van der Waals surface area contributed by atoms with Crippen LogP contribution in [0.5, 0.6) is 0 Å². The lowest BCUT2D eigenvalue weighted by Crippen LogP contribution is -2.42. The van der Waals surface area contributed by atoms with E-state index in [2.05, 4.69) is 4.74 Å². The first kappa shape index (κ1) is 16.9. The van der Waals surface area contributed by atoms with E-state index in [9.17, 15) is 31.1 Å². The number of carbonyl (C=O) groups is 1. The molecule has 0 N–H and O–H groups in total. The summed E-state index contributed by atoms with van der Waals surface area (Å²) in [6.07, 6.45) is -11.1. The average Bonchev–Trinajstić information content (AvgIpc) is 2.08. The number of ether oxygens (including phenoxy) is 1. The number of hydrogen-bond donors (Lipinski definition) is 0. The molecule has 0 aliphatic carbocycles. The van der Waals surface area contributed by atoms with Crippen molar-refractivity contribution >= 4 is 6.09 Å². The molecule has 0 aromatic carbocycles. The fourth-order valence-corrected chi connectivity index (χ4v) is 1.10. The SMILES string of the molecule is CC(C)CN(CC(F)(F)F)C(=O)OCC(F)(F)F. The van der Waals surface area contributed by atoms with E-state index in [1.807, 2.05) is 0 Å². The molecule has 3 nitrogen and oxygen atoms in total. The van der Waals surface area contributed by atoms with E-state index in [1.165, 1.54) is 13.8 Å². The van der Waals surface area contributed by atoms with Gasteiger partial charge in [-0.1, -0.05) is 13.8 Å². The van der Waals surface area contributed by atoms with Crippen LogP contribution in [0.15, 0.2) is 0 Å². The third kappa shape index (κ3) is 8.94. The molecule has 0 rings (SSSR count). The predicted molar refractivity (Wildman–Crippen MR) is 49.9 cm³/mol. The lowest BCUT2D eigenvalue weighted by atomic mass is 10.2. The molecule has 0 heterocycles. The maximum absolute atomic E-state index is 12.1. The van der Waals surface area contributed by atoms with Crippen LogP contribution in [0.3, 0.4) is 0 Å². The van der Waals surface area contributed by atoms with E-state index in [0.717, 1.165) is 0 Å². The van der Waals surface area contributed by atoms with Crippen molar-refractivity contribution in [3.63, 3.8) is 0 Å². The Morgan fingerprint density at radius 1 is 1.11 bits per heavy atom. The van der Waals surface area contributed by atoms with E-state index < -0.39 is 31.6 Å². The van der Waals surface area contributed by atoms with Gasteiger partial charge in [-0.25, -0.2) is 4.79 Å². The fourth-order valence-electron chi connectivity index (χ4n) is 1.10. The third-order valence-electron chi connectivity index (χ3n) is 1.57. The van der Waals surface area contributed by atoms with Gasteiger partial charge >= 0.3 is 18.4 Å². The molecule has 0 atom stereocenters. The fraction of sp³-hybridized carbons (Fsp3) is 0.889. The molecule has 0 radical (unpaired) electrons. The molecule has 0 aromatic heterocycles. The van der Waals surface area contributed by atoms with E-state index in [4.69, 9.17) is 0 Å². The highest BCUT2D eigenvalue weighted by atomic mass is 19.4. The first-order chi connectivity index (χ1) is 7.91. The number of hydrogen-bond acceptors (Lipinski definition) is 2. The topological polar surface area (TPSA) is 29.5 Å². The zero-order chi connectivity index (χ0) is 14.6. The monoisotopic (exact) mass is 281 g/mol. The standard InChI is InChI=1S/C9H13F6NO2/c1-6(2)3-16(4-8(10,11)12)7(17)18-5-9(13,14)15/h6H,3-5H2,1-2H3. The maximum Gasteiger partial charge on any atom is 0.422 e. The number of alkyl halides is 6. The molecular weight excluding hydrogens is 268 g/mol. The van der Waals surface area contributed by atoms with Gasteiger partial charge in [0, 0.05) is 6.54 Å². The lowest BCUT2D eigenvalue weighted by Gasteiger charge is -2.25. The molecule has 1 amide bonds. The highest BCUT2D eigenvalue weighted by Gasteiger charge is 2.36. The van der Waals surface area contributed by atoms with E-state index in [1.54, 1.807) is 0 Å². The summed E-state index contributed by atoms with van der Waals surface area (Å²) in [5, 5.41) is 0. The summed E-state index contributed by atoms with van der Waals surface area (Å²) in [6.45, 7) is -0.822. The van der Waals surface area contributed by atoms with Crippen LogP contribution in [0.4, 0.5) is 31.1 Å². The Hall–Kier alpha value is -1.15. The number of amides is 1. The van der Waals surface area contributed by atoms with Crippen molar-refractivity contribution in [2.75, 3.05) is 19.7 Å². The zero-order valence-electron chi connectivity index (χ0n) is 9.73. The second-order valence-corrected chi connectivity index (χ2v) is 4.06. The average molecular weight is 281 g/mol. The predicted octanol–water partition coefficient (Wildman–Crippen LogP) is 3.21. The Balaban J connectivity index is 4.50. The Morgan fingerprint density at radius 3 is 1.94 bits per heavy atom. The largest absolute Gasteiger partial charge is 0.440 e. The first-order valence-electron chi connectivity index (χ1n) is 4.96. The molecule has 0 spiro atoms. The highest BCUT2D eigenvalue weighted by Crippen LogP contribution is 2.19. The second kappa shape index (κ2) is 6.14. The molecule has 0 aromatic rings. The van der Waals surface area contributed by atoms with Gasteiger partial charge in [-0.05, 0) is 5.92 Å². The second-order valence-electron chi connectivity index (χ2n) is 4.06. The quantitative estimate of drug-likeness (QED) is 0.740. The summed E-state index contributed by atoms with van der Waals surface area (Å²) in [5.74, 6) is -0.328. The van der Waals surface area contributed by atoms with Gasteiger partial charge in [-0.2, -0.15) is 26.3 Å². The van der Waals surface area contributed by atoms with Crippen LogP contribution in [-0.2, 0) is 4.74 Å². The normalized spacial score (nSPS) is 12.7. The summed E-state index contributed by atoms with van der Waals surface area (Å²) >= 11 is 0. The maximum atomic E-state index is 12.1. The molecule has 0 aliphatic rings. The highest BCUT2D eigenvalue weighted by molar-refractivity contribution is 5.67. The first-order valence-corrected chi connectivity index (χ1v) is 4.96. The van der Waals surface area contributed by atoms with Gasteiger partial charge in [-0.3, -0.25) is 4.90 Å².